The molecule has 0 amide bonds. The molecular weight excluding hydrogens is 397 g/mol. The second-order valence-corrected chi connectivity index (χ2v) is 7.19. The van der Waals surface area contributed by atoms with Crippen LogP contribution in [-0.4, -0.2) is 14.1 Å². The van der Waals surface area contributed by atoms with E-state index in [2.05, 4.69) is 4.98 Å². The molecule has 0 saturated carbocycles. The van der Waals surface area contributed by atoms with Gasteiger partial charge < -0.3 is 0 Å². The monoisotopic (exact) mass is 411 g/mol. The third kappa shape index (κ3) is 3.46. The largest absolute Gasteiger partial charge is 0.332 e. The maximum atomic E-state index is 13.2. The normalized spacial score (nSPS) is 11.1. The second kappa shape index (κ2) is 7.62. The first kappa shape index (κ1) is 18.5. The number of aromatic nitrogens is 3. The average molecular weight is 412 g/mol. The first-order chi connectivity index (χ1) is 13.5. The van der Waals surface area contributed by atoms with Gasteiger partial charge in [-0.25, -0.2) is 9.78 Å². The maximum Gasteiger partial charge on any atom is 0.332 e. The number of fused-ring (bicyclic) bond motifs is 1. The van der Waals surface area contributed by atoms with Crippen LogP contribution in [0.3, 0.4) is 0 Å². The lowest BCUT2D eigenvalue weighted by molar-refractivity contribution is 0.633. The Hall–Kier alpha value is -2.89. The van der Waals surface area contributed by atoms with Crippen LogP contribution in [0.1, 0.15) is 11.1 Å². The predicted octanol–water partition coefficient (Wildman–Crippen LogP) is 3.96. The number of rotatable bonds is 4. The highest BCUT2D eigenvalue weighted by Crippen LogP contribution is 2.17. The van der Waals surface area contributed by atoms with Gasteiger partial charge in [-0.15, -0.1) is 0 Å². The lowest BCUT2D eigenvalue weighted by Crippen LogP contribution is -2.40. The van der Waals surface area contributed by atoms with E-state index < -0.39 is 11.2 Å². The third-order valence-electron chi connectivity index (χ3n) is 4.53. The Morgan fingerprint density at radius 3 is 2.32 bits per heavy atom. The van der Waals surface area contributed by atoms with Gasteiger partial charge in [0.15, 0.2) is 5.52 Å². The predicted molar refractivity (Wildman–Crippen MR) is 111 cm³/mol. The molecule has 2 heterocycles. The summed E-state index contributed by atoms with van der Waals surface area (Å²) < 4.78 is 2.72. The van der Waals surface area contributed by atoms with Crippen LogP contribution in [0.15, 0.2) is 76.4 Å². The van der Waals surface area contributed by atoms with Crippen molar-refractivity contribution < 1.29 is 0 Å². The molecule has 4 rings (SSSR count). The highest BCUT2D eigenvalue weighted by molar-refractivity contribution is 6.31. The molecule has 0 spiro atoms. The zero-order valence-electron chi connectivity index (χ0n) is 14.7. The van der Waals surface area contributed by atoms with E-state index in [-0.39, 0.29) is 18.6 Å². The van der Waals surface area contributed by atoms with Crippen molar-refractivity contribution in [1.29, 1.82) is 0 Å². The van der Waals surface area contributed by atoms with Crippen molar-refractivity contribution in [3.05, 3.63) is 109 Å². The first-order valence-corrected chi connectivity index (χ1v) is 9.36. The molecule has 0 radical (unpaired) electrons. The molecule has 2 aromatic carbocycles. The molecule has 0 aliphatic rings. The highest BCUT2D eigenvalue weighted by atomic mass is 35.5. The molecular formula is C21H15Cl2N3O2. The van der Waals surface area contributed by atoms with Gasteiger partial charge in [0.25, 0.3) is 5.56 Å². The van der Waals surface area contributed by atoms with Gasteiger partial charge in [0.2, 0.25) is 0 Å². The van der Waals surface area contributed by atoms with Crippen molar-refractivity contribution >= 4 is 34.2 Å². The number of hydrogen-bond acceptors (Lipinski definition) is 3. The Morgan fingerprint density at radius 1 is 0.821 bits per heavy atom. The van der Waals surface area contributed by atoms with Crippen molar-refractivity contribution in [2.45, 2.75) is 13.1 Å². The van der Waals surface area contributed by atoms with Crippen molar-refractivity contribution in [3.63, 3.8) is 0 Å². The minimum Gasteiger partial charge on any atom is -0.287 e. The molecule has 28 heavy (non-hydrogen) atoms. The number of hydrogen-bond donors (Lipinski definition) is 0. The van der Waals surface area contributed by atoms with E-state index in [1.165, 1.54) is 9.13 Å². The van der Waals surface area contributed by atoms with E-state index in [1.54, 1.807) is 48.7 Å². The van der Waals surface area contributed by atoms with Crippen molar-refractivity contribution in [2.24, 2.45) is 0 Å². The summed E-state index contributed by atoms with van der Waals surface area (Å²) in [5.41, 5.74) is 1.45. The molecule has 0 saturated heterocycles. The maximum absolute atomic E-state index is 13.2. The minimum atomic E-state index is -0.425. The summed E-state index contributed by atoms with van der Waals surface area (Å²) in [7, 11) is 0. The summed E-state index contributed by atoms with van der Waals surface area (Å²) >= 11 is 12.2. The van der Waals surface area contributed by atoms with Crippen LogP contribution in [0.5, 0.6) is 0 Å². The van der Waals surface area contributed by atoms with Gasteiger partial charge in [-0.05, 0) is 41.5 Å². The van der Waals surface area contributed by atoms with Crippen LogP contribution in [0.25, 0.3) is 11.0 Å². The smallest absolute Gasteiger partial charge is 0.287 e. The summed E-state index contributed by atoms with van der Waals surface area (Å²) in [5.74, 6) is 0. The Morgan fingerprint density at radius 2 is 1.57 bits per heavy atom. The molecule has 5 nitrogen and oxygen atoms in total. The number of halogens is 2. The summed E-state index contributed by atoms with van der Waals surface area (Å²) in [5, 5.41) is 1.15. The Bertz CT molecular complexity index is 1280. The summed E-state index contributed by atoms with van der Waals surface area (Å²) in [6, 6.07) is 17.8. The number of nitrogens with zero attached hydrogens (tertiary/aromatic N) is 3. The van der Waals surface area contributed by atoms with E-state index in [0.717, 1.165) is 11.1 Å². The summed E-state index contributed by atoms with van der Waals surface area (Å²) in [4.78, 5) is 30.4. The quantitative estimate of drug-likeness (QED) is 0.510. The lowest BCUT2D eigenvalue weighted by Gasteiger charge is -2.14. The van der Waals surface area contributed by atoms with E-state index in [0.29, 0.717) is 15.6 Å². The molecule has 0 N–H and O–H groups in total. The topological polar surface area (TPSA) is 56.9 Å². The van der Waals surface area contributed by atoms with E-state index in [9.17, 15) is 9.59 Å². The van der Waals surface area contributed by atoms with Crippen LogP contribution in [0, 0.1) is 0 Å². The fraction of sp³-hybridized carbons (Fsp3) is 0.0952. The zero-order chi connectivity index (χ0) is 19.7. The van der Waals surface area contributed by atoms with Crippen molar-refractivity contribution in [3.8, 4) is 0 Å². The van der Waals surface area contributed by atoms with Gasteiger partial charge in [0.1, 0.15) is 0 Å². The van der Waals surface area contributed by atoms with Gasteiger partial charge in [-0.2, -0.15) is 0 Å². The molecule has 2 aromatic heterocycles. The van der Waals surface area contributed by atoms with Crippen molar-refractivity contribution in [2.75, 3.05) is 0 Å². The van der Waals surface area contributed by atoms with Crippen LogP contribution in [-0.2, 0) is 13.1 Å². The molecule has 0 unspecified atom stereocenters. The molecule has 0 aliphatic heterocycles. The minimum absolute atomic E-state index is 0.129. The molecule has 7 heteroatoms. The van der Waals surface area contributed by atoms with Gasteiger partial charge in [-0.1, -0.05) is 53.5 Å². The highest BCUT2D eigenvalue weighted by Gasteiger charge is 2.15. The Balaban J connectivity index is 1.91. The fourth-order valence-corrected chi connectivity index (χ4v) is 3.43. The Kier molecular flexibility index (Phi) is 5.03. The molecule has 0 aliphatic carbocycles. The van der Waals surface area contributed by atoms with Gasteiger partial charge >= 0.3 is 5.69 Å². The van der Waals surface area contributed by atoms with Crippen LogP contribution >= 0.6 is 23.2 Å². The first-order valence-electron chi connectivity index (χ1n) is 8.61. The van der Waals surface area contributed by atoms with E-state index in [4.69, 9.17) is 23.2 Å². The average Bonchev–Trinajstić information content (AvgIpc) is 2.71. The van der Waals surface area contributed by atoms with Crippen LogP contribution in [0.2, 0.25) is 10.0 Å². The molecule has 0 bridgehead atoms. The molecule has 140 valence electrons. The number of pyridine rings is 1. The summed E-state index contributed by atoms with van der Waals surface area (Å²) in [6.07, 6.45) is 1.54. The fourth-order valence-electron chi connectivity index (χ4n) is 3.10. The van der Waals surface area contributed by atoms with Crippen molar-refractivity contribution in [1.82, 2.24) is 14.1 Å². The summed E-state index contributed by atoms with van der Waals surface area (Å²) in [6.45, 7) is 0.367. The second-order valence-electron chi connectivity index (χ2n) is 6.35. The lowest BCUT2D eigenvalue weighted by atomic mass is 10.2. The molecule has 0 atom stereocenters. The van der Waals surface area contributed by atoms with Crippen LogP contribution in [0.4, 0.5) is 0 Å². The van der Waals surface area contributed by atoms with E-state index in [1.807, 2.05) is 18.2 Å². The zero-order valence-corrected chi connectivity index (χ0v) is 16.2. The molecule has 0 fully saturated rings. The number of benzene rings is 2. The third-order valence-corrected chi connectivity index (χ3v) is 5.15. The van der Waals surface area contributed by atoms with Gasteiger partial charge in [-0.3, -0.25) is 13.9 Å². The standard InChI is InChI=1S/C21H15Cl2N3O2/c22-16-9-7-14(8-10-16)12-26-20(27)19-18(6-3-11-24-19)25(21(26)28)13-15-4-1-2-5-17(15)23/h1-11H,12-13H2. The van der Waals surface area contributed by atoms with Crippen LogP contribution < -0.4 is 11.2 Å². The SMILES string of the molecule is O=c1c2ncccc2n(Cc2ccccc2Cl)c(=O)n1Cc1ccc(Cl)cc1. The van der Waals surface area contributed by atoms with E-state index >= 15 is 0 Å². The Labute approximate surface area is 170 Å². The molecule has 4 aromatic rings. The van der Waals surface area contributed by atoms with Gasteiger partial charge in [0.05, 0.1) is 18.6 Å². The van der Waals surface area contributed by atoms with Gasteiger partial charge in [0, 0.05) is 16.2 Å².